The topological polar surface area (TPSA) is 105 Å². The Bertz CT molecular complexity index is 1370. The lowest BCUT2D eigenvalue weighted by Gasteiger charge is -2.13. The molecular weight excluding hydrogens is 447 g/mol. The molecule has 0 spiro atoms. The van der Waals surface area contributed by atoms with Crippen molar-refractivity contribution in [3.63, 3.8) is 0 Å². The van der Waals surface area contributed by atoms with Crippen LogP contribution in [0, 0.1) is 17.1 Å². The molecule has 0 radical (unpaired) electrons. The molecule has 1 aliphatic heterocycles. The van der Waals surface area contributed by atoms with Crippen molar-refractivity contribution < 1.29 is 9.13 Å². The van der Waals surface area contributed by atoms with E-state index in [-0.39, 0.29) is 30.5 Å². The van der Waals surface area contributed by atoms with Gasteiger partial charge in [-0.15, -0.1) is 12.4 Å². The molecule has 0 aliphatic carbocycles. The van der Waals surface area contributed by atoms with Crippen molar-refractivity contribution in [2.45, 2.75) is 19.5 Å². The summed E-state index contributed by atoms with van der Waals surface area (Å²) in [5.74, 6) is 0.899. The summed E-state index contributed by atoms with van der Waals surface area (Å²) in [7, 11) is 3.71. The molecule has 3 aromatic heterocycles. The highest BCUT2D eigenvalue weighted by Crippen LogP contribution is 2.31. The normalized spacial score (nSPS) is 12.2. The van der Waals surface area contributed by atoms with E-state index in [9.17, 15) is 9.65 Å². The highest BCUT2D eigenvalue weighted by Gasteiger charge is 2.21. The third-order valence-corrected chi connectivity index (χ3v) is 5.53. The largest absolute Gasteiger partial charge is 0.493 e. The smallest absolute Gasteiger partial charge is 0.208 e. The van der Waals surface area contributed by atoms with Gasteiger partial charge in [-0.25, -0.2) is 14.4 Å². The van der Waals surface area contributed by atoms with Crippen LogP contribution in [0.4, 0.5) is 10.3 Å². The molecule has 1 aliphatic rings. The highest BCUT2D eigenvalue weighted by molar-refractivity contribution is 5.85. The van der Waals surface area contributed by atoms with E-state index in [1.54, 1.807) is 27.5 Å². The van der Waals surface area contributed by atoms with Gasteiger partial charge >= 0.3 is 0 Å². The highest BCUT2D eigenvalue weighted by atomic mass is 35.5. The lowest BCUT2D eigenvalue weighted by atomic mass is 10.0. The number of benzene rings is 1. The quantitative estimate of drug-likeness (QED) is 0.448. The number of fused-ring (bicyclic) bond motifs is 2. The van der Waals surface area contributed by atoms with Crippen molar-refractivity contribution in [1.82, 2.24) is 29.5 Å². The minimum Gasteiger partial charge on any atom is -0.493 e. The van der Waals surface area contributed by atoms with Crippen molar-refractivity contribution in [2.24, 2.45) is 7.05 Å². The number of nitrogens with zero attached hydrogens (tertiary/aromatic N) is 6. The Kier molecular flexibility index (Phi) is 6.18. The molecule has 170 valence electrons. The first kappa shape index (κ1) is 22.5. The van der Waals surface area contributed by atoms with Gasteiger partial charge in [0.05, 0.1) is 29.8 Å². The summed E-state index contributed by atoms with van der Waals surface area (Å²) in [5, 5.41) is 20.2. The number of halogens is 2. The molecule has 0 fully saturated rings. The number of hydrogen-bond donors (Lipinski definition) is 2. The summed E-state index contributed by atoms with van der Waals surface area (Å²) in [4.78, 5) is 9.02. The molecule has 9 nitrogen and oxygen atoms in total. The average molecular weight is 469 g/mol. The van der Waals surface area contributed by atoms with Gasteiger partial charge in [0.15, 0.2) is 11.3 Å². The van der Waals surface area contributed by atoms with Crippen molar-refractivity contribution in [3.05, 3.63) is 58.9 Å². The molecule has 0 saturated heterocycles. The lowest BCUT2D eigenvalue weighted by Crippen LogP contribution is -2.10. The van der Waals surface area contributed by atoms with Gasteiger partial charge in [-0.3, -0.25) is 9.08 Å². The fraction of sp³-hybridized carbons (Fsp3) is 0.273. The standard InChI is InChI=1S/C22H21FN8O.ClH/c1-25-9-13-7-19(30(2)29-13)17-11-27-22(31-12-14(8-24)28-21(17)31)26-10-16-15-5-6-32-20(15)4-3-18(16)23;/h3-4,7,11-12,25H,5-6,9-10H2,1-2H3,(H,26,27);1H. The fourth-order valence-electron chi connectivity index (χ4n) is 4.06. The van der Waals surface area contributed by atoms with Crippen LogP contribution in [-0.4, -0.2) is 37.8 Å². The average Bonchev–Trinajstić information content (AvgIpc) is 3.51. The Morgan fingerprint density at radius 2 is 2.15 bits per heavy atom. The summed E-state index contributed by atoms with van der Waals surface area (Å²) in [5.41, 5.74) is 4.73. The van der Waals surface area contributed by atoms with Gasteiger partial charge in [-0.05, 0) is 25.2 Å². The van der Waals surface area contributed by atoms with Crippen LogP contribution in [0.25, 0.3) is 16.9 Å². The SMILES string of the molecule is CNCc1cc(-c2cnc(NCc3c(F)ccc4c3CCO4)n3cc(C#N)nc23)n(C)n1.Cl. The van der Waals surface area contributed by atoms with Crippen LogP contribution < -0.4 is 15.4 Å². The lowest BCUT2D eigenvalue weighted by molar-refractivity contribution is 0.356. The van der Waals surface area contributed by atoms with Gasteiger partial charge in [0, 0.05) is 43.9 Å². The summed E-state index contributed by atoms with van der Waals surface area (Å²) < 4.78 is 23.6. The number of anilines is 1. The van der Waals surface area contributed by atoms with Crippen molar-refractivity contribution >= 4 is 24.0 Å². The fourth-order valence-corrected chi connectivity index (χ4v) is 4.06. The number of hydrogen-bond acceptors (Lipinski definition) is 7. The first-order valence-corrected chi connectivity index (χ1v) is 10.2. The number of aromatic nitrogens is 5. The Hall–Kier alpha value is -3.68. The van der Waals surface area contributed by atoms with E-state index in [0.717, 1.165) is 28.3 Å². The van der Waals surface area contributed by atoms with E-state index in [1.807, 2.05) is 20.2 Å². The van der Waals surface area contributed by atoms with Gasteiger partial charge in [0.1, 0.15) is 17.6 Å². The summed E-state index contributed by atoms with van der Waals surface area (Å²) in [6.45, 7) is 1.42. The Balaban J connectivity index is 0.00000259. The zero-order valence-corrected chi connectivity index (χ0v) is 18.9. The van der Waals surface area contributed by atoms with Crippen LogP contribution in [0.3, 0.4) is 0 Å². The van der Waals surface area contributed by atoms with Crippen molar-refractivity contribution in [2.75, 3.05) is 19.0 Å². The Morgan fingerprint density at radius 1 is 1.30 bits per heavy atom. The number of aryl methyl sites for hydroxylation is 1. The van der Waals surface area contributed by atoms with Crippen LogP contribution >= 0.6 is 12.4 Å². The number of nitriles is 1. The third kappa shape index (κ3) is 3.97. The van der Waals surface area contributed by atoms with E-state index in [1.165, 1.54) is 6.07 Å². The summed E-state index contributed by atoms with van der Waals surface area (Å²) >= 11 is 0. The predicted octanol–water partition coefficient (Wildman–Crippen LogP) is 2.83. The molecule has 0 bridgehead atoms. The predicted molar refractivity (Wildman–Crippen MR) is 123 cm³/mol. The number of rotatable bonds is 6. The van der Waals surface area contributed by atoms with E-state index >= 15 is 0 Å². The molecule has 5 rings (SSSR count). The van der Waals surface area contributed by atoms with Crippen LogP contribution in [-0.2, 0) is 26.6 Å². The molecule has 0 saturated carbocycles. The second-order valence-electron chi connectivity index (χ2n) is 7.56. The van der Waals surface area contributed by atoms with Gasteiger partial charge in [-0.1, -0.05) is 0 Å². The van der Waals surface area contributed by atoms with E-state index in [2.05, 4.69) is 31.8 Å². The van der Waals surface area contributed by atoms with Crippen molar-refractivity contribution in [3.8, 4) is 23.1 Å². The van der Waals surface area contributed by atoms with E-state index in [4.69, 9.17) is 4.74 Å². The van der Waals surface area contributed by atoms with Gasteiger partial charge in [0.25, 0.3) is 0 Å². The maximum atomic E-state index is 14.5. The zero-order valence-electron chi connectivity index (χ0n) is 18.1. The molecule has 2 N–H and O–H groups in total. The van der Waals surface area contributed by atoms with Crippen LogP contribution in [0.2, 0.25) is 0 Å². The van der Waals surface area contributed by atoms with Crippen molar-refractivity contribution in [1.29, 1.82) is 5.26 Å². The van der Waals surface area contributed by atoms with Crippen LogP contribution in [0.5, 0.6) is 5.75 Å². The first-order valence-electron chi connectivity index (χ1n) is 10.2. The Labute approximate surface area is 195 Å². The number of ether oxygens (including phenoxy) is 1. The van der Waals surface area contributed by atoms with Crippen LogP contribution in [0.1, 0.15) is 22.5 Å². The molecule has 4 aromatic rings. The van der Waals surface area contributed by atoms with E-state index in [0.29, 0.717) is 36.7 Å². The second kappa shape index (κ2) is 9.05. The third-order valence-electron chi connectivity index (χ3n) is 5.53. The molecule has 0 unspecified atom stereocenters. The Morgan fingerprint density at radius 3 is 2.94 bits per heavy atom. The molecule has 0 amide bonds. The molecule has 0 atom stereocenters. The molecule has 33 heavy (non-hydrogen) atoms. The van der Waals surface area contributed by atoms with Gasteiger partial charge in [0.2, 0.25) is 5.95 Å². The van der Waals surface area contributed by atoms with E-state index < -0.39 is 0 Å². The van der Waals surface area contributed by atoms with Gasteiger partial charge < -0.3 is 15.4 Å². The molecule has 4 heterocycles. The number of nitrogens with one attached hydrogen (secondary N) is 2. The first-order chi connectivity index (χ1) is 15.6. The second-order valence-corrected chi connectivity index (χ2v) is 7.56. The maximum absolute atomic E-state index is 14.5. The maximum Gasteiger partial charge on any atom is 0.208 e. The zero-order chi connectivity index (χ0) is 22.2. The molecule has 1 aromatic carbocycles. The minimum absolute atomic E-state index is 0. The molecule has 11 heteroatoms. The minimum atomic E-state index is -0.287. The van der Waals surface area contributed by atoms with Crippen LogP contribution in [0.15, 0.2) is 30.6 Å². The molecular formula is C22H22ClFN8O. The summed E-state index contributed by atoms with van der Waals surface area (Å²) in [6, 6.07) is 7.13. The monoisotopic (exact) mass is 468 g/mol. The number of imidazole rings is 1. The van der Waals surface area contributed by atoms with Gasteiger partial charge in [-0.2, -0.15) is 10.4 Å². The summed E-state index contributed by atoms with van der Waals surface area (Å²) in [6.07, 6.45) is 3.99.